The molecule has 2 rings (SSSR count). The van der Waals surface area contributed by atoms with Gasteiger partial charge in [0.05, 0.1) is 11.4 Å². The van der Waals surface area contributed by atoms with E-state index in [2.05, 4.69) is 5.10 Å². The number of benzene rings is 1. The lowest BCUT2D eigenvalue weighted by Crippen LogP contribution is -2.03. The first-order valence-electron chi connectivity index (χ1n) is 4.69. The van der Waals surface area contributed by atoms with Crippen LogP contribution in [0.15, 0.2) is 30.3 Å². The first-order chi connectivity index (χ1) is 7.20. The minimum Gasteiger partial charge on any atom is -0.325 e. The van der Waals surface area contributed by atoms with Gasteiger partial charge < -0.3 is 5.73 Å². The van der Waals surface area contributed by atoms with Gasteiger partial charge in [0.25, 0.3) is 0 Å². The second-order valence-corrected chi connectivity index (χ2v) is 3.36. The summed E-state index contributed by atoms with van der Waals surface area (Å²) in [6.45, 7) is 0.449. The molecule has 1 heterocycles. The highest BCUT2D eigenvalue weighted by atomic mass is 19.1. The van der Waals surface area contributed by atoms with Gasteiger partial charge in [0.15, 0.2) is 0 Å². The Morgan fingerprint density at radius 1 is 1.33 bits per heavy atom. The summed E-state index contributed by atoms with van der Waals surface area (Å²) in [7, 11) is 1.84. The molecule has 0 unspecified atom stereocenters. The van der Waals surface area contributed by atoms with Crippen LogP contribution in [-0.4, -0.2) is 9.78 Å². The fourth-order valence-electron chi connectivity index (χ4n) is 1.46. The molecular weight excluding hydrogens is 193 g/mol. The van der Waals surface area contributed by atoms with Gasteiger partial charge in [-0.3, -0.25) is 4.68 Å². The van der Waals surface area contributed by atoms with Crippen molar-refractivity contribution in [1.29, 1.82) is 0 Å². The molecule has 2 aromatic rings. The number of hydrogen-bond donors (Lipinski definition) is 1. The summed E-state index contributed by atoms with van der Waals surface area (Å²) in [5, 5.41) is 4.30. The van der Waals surface area contributed by atoms with Crippen LogP contribution in [0, 0.1) is 5.82 Å². The first kappa shape index (κ1) is 9.86. The zero-order valence-electron chi connectivity index (χ0n) is 8.44. The summed E-state index contributed by atoms with van der Waals surface area (Å²) >= 11 is 0. The molecule has 0 saturated carbocycles. The molecule has 0 saturated heterocycles. The molecule has 0 amide bonds. The maximum Gasteiger partial charge on any atom is 0.123 e. The zero-order chi connectivity index (χ0) is 10.8. The summed E-state index contributed by atoms with van der Waals surface area (Å²) in [6.07, 6.45) is 0. The summed E-state index contributed by atoms with van der Waals surface area (Å²) in [5.74, 6) is -0.242. The second kappa shape index (κ2) is 3.82. The molecular formula is C11H12FN3. The Morgan fingerprint density at radius 3 is 2.53 bits per heavy atom. The van der Waals surface area contributed by atoms with Crippen LogP contribution in [-0.2, 0) is 13.6 Å². The lowest BCUT2D eigenvalue weighted by atomic mass is 10.1. The third-order valence-electron chi connectivity index (χ3n) is 2.33. The predicted molar refractivity (Wildman–Crippen MR) is 56.5 cm³/mol. The van der Waals surface area contributed by atoms with Crippen molar-refractivity contribution in [1.82, 2.24) is 9.78 Å². The molecule has 0 spiro atoms. The second-order valence-electron chi connectivity index (χ2n) is 3.36. The number of aryl methyl sites for hydroxylation is 1. The van der Waals surface area contributed by atoms with Crippen molar-refractivity contribution >= 4 is 0 Å². The van der Waals surface area contributed by atoms with Crippen LogP contribution in [0.25, 0.3) is 11.3 Å². The Bertz CT molecular complexity index is 459. The Hall–Kier alpha value is -1.68. The van der Waals surface area contributed by atoms with E-state index >= 15 is 0 Å². The van der Waals surface area contributed by atoms with Gasteiger partial charge in [-0.25, -0.2) is 4.39 Å². The largest absolute Gasteiger partial charge is 0.325 e. The van der Waals surface area contributed by atoms with E-state index in [4.69, 9.17) is 5.73 Å². The molecule has 2 N–H and O–H groups in total. The van der Waals surface area contributed by atoms with Crippen LogP contribution in [0.2, 0.25) is 0 Å². The Labute approximate surface area is 87.3 Å². The van der Waals surface area contributed by atoms with Crippen molar-refractivity contribution in [3.05, 3.63) is 41.8 Å². The smallest absolute Gasteiger partial charge is 0.123 e. The molecule has 0 aliphatic carbocycles. The topological polar surface area (TPSA) is 43.8 Å². The standard InChI is InChI=1S/C11H12FN3/c1-15-10(7-13)6-11(14-15)8-2-4-9(12)5-3-8/h2-6H,7,13H2,1H3. The molecule has 0 fully saturated rings. The van der Waals surface area contributed by atoms with Crippen LogP contribution in [0.5, 0.6) is 0 Å². The number of rotatable bonds is 2. The molecule has 4 heteroatoms. The fourth-order valence-corrected chi connectivity index (χ4v) is 1.46. The molecule has 3 nitrogen and oxygen atoms in total. The van der Waals surface area contributed by atoms with E-state index in [1.54, 1.807) is 16.8 Å². The number of halogens is 1. The van der Waals surface area contributed by atoms with E-state index in [0.29, 0.717) is 6.54 Å². The van der Waals surface area contributed by atoms with Gasteiger partial charge in [-0.05, 0) is 30.3 Å². The fraction of sp³-hybridized carbons (Fsp3) is 0.182. The highest BCUT2D eigenvalue weighted by molar-refractivity contribution is 5.59. The van der Waals surface area contributed by atoms with E-state index in [-0.39, 0.29) is 5.82 Å². The minimum atomic E-state index is -0.242. The molecule has 15 heavy (non-hydrogen) atoms. The first-order valence-corrected chi connectivity index (χ1v) is 4.69. The third-order valence-corrected chi connectivity index (χ3v) is 2.33. The monoisotopic (exact) mass is 205 g/mol. The van der Waals surface area contributed by atoms with Gasteiger partial charge in [0.1, 0.15) is 5.82 Å². The zero-order valence-corrected chi connectivity index (χ0v) is 8.44. The molecule has 0 atom stereocenters. The average molecular weight is 205 g/mol. The van der Waals surface area contributed by atoms with Gasteiger partial charge in [-0.2, -0.15) is 5.10 Å². The van der Waals surface area contributed by atoms with Gasteiger partial charge >= 0.3 is 0 Å². The average Bonchev–Trinajstić information content (AvgIpc) is 2.61. The maximum atomic E-state index is 12.7. The number of aromatic nitrogens is 2. The summed E-state index contributed by atoms with van der Waals surface area (Å²) in [5.41, 5.74) is 8.21. The number of nitrogens with zero attached hydrogens (tertiary/aromatic N) is 2. The lowest BCUT2D eigenvalue weighted by molar-refractivity contribution is 0.628. The highest BCUT2D eigenvalue weighted by Crippen LogP contribution is 2.18. The van der Waals surface area contributed by atoms with E-state index in [9.17, 15) is 4.39 Å². The summed E-state index contributed by atoms with van der Waals surface area (Å²) in [4.78, 5) is 0. The molecule has 1 aromatic carbocycles. The normalized spacial score (nSPS) is 10.6. The van der Waals surface area contributed by atoms with Crippen molar-refractivity contribution in [3.8, 4) is 11.3 Å². The van der Waals surface area contributed by atoms with Crippen molar-refractivity contribution in [3.63, 3.8) is 0 Å². The molecule has 0 aliphatic heterocycles. The summed E-state index contributed by atoms with van der Waals surface area (Å²) < 4.78 is 14.4. The Morgan fingerprint density at radius 2 is 2.00 bits per heavy atom. The van der Waals surface area contributed by atoms with Crippen LogP contribution in [0.1, 0.15) is 5.69 Å². The van der Waals surface area contributed by atoms with Crippen LogP contribution >= 0.6 is 0 Å². The quantitative estimate of drug-likeness (QED) is 0.810. The van der Waals surface area contributed by atoms with Gasteiger partial charge in [0, 0.05) is 19.2 Å². The SMILES string of the molecule is Cn1nc(-c2ccc(F)cc2)cc1CN. The van der Waals surface area contributed by atoms with E-state index in [0.717, 1.165) is 17.0 Å². The molecule has 0 bridgehead atoms. The molecule has 0 aliphatic rings. The Kier molecular flexibility index (Phi) is 2.51. The van der Waals surface area contributed by atoms with Crippen LogP contribution in [0.3, 0.4) is 0 Å². The number of nitrogens with two attached hydrogens (primary N) is 1. The van der Waals surface area contributed by atoms with Crippen LogP contribution < -0.4 is 5.73 Å². The minimum absolute atomic E-state index is 0.242. The van der Waals surface area contributed by atoms with Crippen molar-refractivity contribution in [2.45, 2.75) is 6.54 Å². The van der Waals surface area contributed by atoms with Gasteiger partial charge in [0.2, 0.25) is 0 Å². The Balaban J connectivity index is 2.41. The van der Waals surface area contributed by atoms with Gasteiger partial charge in [-0.1, -0.05) is 0 Å². The highest BCUT2D eigenvalue weighted by Gasteiger charge is 2.05. The maximum absolute atomic E-state index is 12.7. The molecule has 1 aromatic heterocycles. The van der Waals surface area contributed by atoms with Crippen molar-refractivity contribution in [2.24, 2.45) is 12.8 Å². The van der Waals surface area contributed by atoms with Crippen molar-refractivity contribution < 1.29 is 4.39 Å². The lowest BCUT2D eigenvalue weighted by Gasteiger charge is -1.95. The van der Waals surface area contributed by atoms with Crippen LogP contribution in [0.4, 0.5) is 4.39 Å². The molecule has 0 radical (unpaired) electrons. The van der Waals surface area contributed by atoms with E-state index in [1.807, 2.05) is 13.1 Å². The van der Waals surface area contributed by atoms with Gasteiger partial charge in [-0.15, -0.1) is 0 Å². The van der Waals surface area contributed by atoms with Crippen molar-refractivity contribution in [2.75, 3.05) is 0 Å². The predicted octanol–water partition coefficient (Wildman–Crippen LogP) is 1.68. The van der Waals surface area contributed by atoms with E-state index < -0.39 is 0 Å². The summed E-state index contributed by atoms with van der Waals surface area (Å²) in [6, 6.07) is 8.17. The van der Waals surface area contributed by atoms with E-state index in [1.165, 1.54) is 12.1 Å². The third kappa shape index (κ3) is 1.89. The molecule has 78 valence electrons. The number of hydrogen-bond acceptors (Lipinski definition) is 2.